The molecule has 0 atom stereocenters. The number of aromatic nitrogens is 4. The molecule has 0 N–H and O–H groups in total. The first-order valence-corrected chi connectivity index (χ1v) is 9.44. The Morgan fingerprint density at radius 3 is 2.54 bits per heavy atom. The minimum atomic E-state index is -0.270. The van der Waals surface area contributed by atoms with E-state index in [1.807, 2.05) is 44.2 Å². The summed E-state index contributed by atoms with van der Waals surface area (Å²) in [7, 11) is 0. The Bertz CT molecular complexity index is 1060. The van der Waals surface area contributed by atoms with Crippen LogP contribution in [0.3, 0.4) is 0 Å². The number of fused-ring (bicyclic) bond motifs is 1. The summed E-state index contributed by atoms with van der Waals surface area (Å²) in [6.07, 6.45) is 0.232. The summed E-state index contributed by atoms with van der Waals surface area (Å²) in [5, 5.41) is 9.76. The molecular weight excluding hydrogens is 358 g/mol. The summed E-state index contributed by atoms with van der Waals surface area (Å²) in [5.41, 5.74) is 2.61. The second-order valence-corrected chi connectivity index (χ2v) is 6.91. The van der Waals surface area contributed by atoms with E-state index in [0.717, 1.165) is 22.5 Å². The number of hydrogen-bond acceptors (Lipinski definition) is 5. The molecule has 1 amide bonds. The number of ether oxygens (including phenoxy) is 1. The molecule has 0 saturated carbocycles. The maximum Gasteiger partial charge on any atom is 0.295 e. The Hall–Kier alpha value is -3.00. The molecule has 1 fully saturated rings. The van der Waals surface area contributed by atoms with Crippen molar-refractivity contribution in [1.82, 2.24) is 24.5 Å². The lowest BCUT2D eigenvalue weighted by atomic mass is 10.2. The van der Waals surface area contributed by atoms with E-state index in [2.05, 4.69) is 10.2 Å². The van der Waals surface area contributed by atoms with E-state index < -0.39 is 0 Å². The van der Waals surface area contributed by atoms with Crippen LogP contribution in [0.1, 0.15) is 17.8 Å². The van der Waals surface area contributed by atoms with E-state index in [1.54, 1.807) is 9.58 Å². The highest BCUT2D eigenvalue weighted by atomic mass is 16.5. The SMILES string of the molecule is Cc1nn(CCC(=O)N2CCOCC2)c(=O)c2nn(-c3ccccc3)c(C)c12. The van der Waals surface area contributed by atoms with Crippen molar-refractivity contribution in [3.63, 3.8) is 0 Å². The van der Waals surface area contributed by atoms with E-state index in [1.165, 1.54) is 4.68 Å². The molecule has 3 aromatic rings. The van der Waals surface area contributed by atoms with Crippen molar-refractivity contribution in [2.45, 2.75) is 26.8 Å². The highest BCUT2D eigenvalue weighted by Crippen LogP contribution is 2.20. The molecule has 4 rings (SSSR count). The molecule has 1 aliphatic rings. The Morgan fingerprint density at radius 2 is 1.82 bits per heavy atom. The molecule has 0 bridgehead atoms. The summed E-state index contributed by atoms with van der Waals surface area (Å²) < 4.78 is 8.40. The number of amides is 1. The largest absolute Gasteiger partial charge is 0.378 e. The third-order valence-electron chi connectivity index (χ3n) is 5.09. The van der Waals surface area contributed by atoms with Crippen LogP contribution in [-0.2, 0) is 16.1 Å². The van der Waals surface area contributed by atoms with E-state index in [-0.39, 0.29) is 24.4 Å². The Kier molecular flexibility index (Phi) is 4.95. The molecular formula is C20H23N5O3. The Labute approximate surface area is 162 Å². The topological polar surface area (TPSA) is 82.2 Å². The quantitative estimate of drug-likeness (QED) is 0.683. The van der Waals surface area contributed by atoms with Crippen molar-refractivity contribution >= 4 is 16.8 Å². The van der Waals surface area contributed by atoms with Crippen LogP contribution in [0.2, 0.25) is 0 Å². The third-order valence-corrected chi connectivity index (χ3v) is 5.09. The molecule has 3 heterocycles. The fraction of sp³-hybridized carbons (Fsp3) is 0.400. The fourth-order valence-corrected chi connectivity index (χ4v) is 3.63. The lowest BCUT2D eigenvalue weighted by Crippen LogP contribution is -2.41. The number of benzene rings is 1. The van der Waals surface area contributed by atoms with Gasteiger partial charge in [0.05, 0.1) is 42.2 Å². The first kappa shape index (κ1) is 18.4. The van der Waals surface area contributed by atoms with E-state index in [4.69, 9.17) is 4.74 Å². The van der Waals surface area contributed by atoms with Gasteiger partial charge in [0.2, 0.25) is 5.91 Å². The summed E-state index contributed by atoms with van der Waals surface area (Å²) in [6.45, 7) is 6.36. The van der Waals surface area contributed by atoms with Crippen LogP contribution < -0.4 is 5.56 Å². The highest BCUT2D eigenvalue weighted by Gasteiger charge is 2.20. The summed E-state index contributed by atoms with van der Waals surface area (Å²) in [4.78, 5) is 27.1. The van der Waals surface area contributed by atoms with Gasteiger partial charge in [-0.2, -0.15) is 10.2 Å². The zero-order valence-electron chi connectivity index (χ0n) is 16.1. The molecule has 146 valence electrons. The number of aryl methyl sites for hydroxylation is 3. The number of nitrogens with zero attached hydrogens (tertiary/aromatic N) is 5. The zero-order valence-corrected chi connectivity index (χ0v) is 16.1. The first-order valence-electron chi connectivity index (χ1n) is 9.44. The van der Waals surface area contributed by atoms with Crippen LogP contribution >= 0.6 is 0 Å². The number of rotatable bonds is 4. The molecule has 0 unspecified atom stereocenters. The molecule has 1 aromatic carbocycles. The second kappa shape index (κ2) is 7.55. The molecule has 1 saturated heterocycles. The first-order chi connectivity index (χ1) is 13.6. The number of hydrogen-bond donors (Lipinski definition) is 0. The molecule has 1 aliphatic heterocycles. The summed E-state index contributed by atoms with van der Waals surface area (Å²) >= 11 is 0. The molecule has 2 aromatic heterocycles. The van der Waals surface area contributed by atoms with Gasteiger partial charge in [-0.05, 0) is 26.0 Å². The average Bonchev–Trinajstić information content (AvgIpc) is 3.09. The van der Waals surface area contributed by atoms with Gasteiger partial charge in [-0.1, -0.05) is 18.2 Å². The van der Waals surface area contributed by atoms with Gasteiger partial charge in [0.1, 0.15) is 0 Å². The zero-order chi connectivity index (χ0) is 19.7. The van der Waals surface area contributed by atoms with Crippen LogP contribution in [0.4, 0.5) is 0 Å². The monoisotopic (exact) mass is 381 g/mol. The standard InChI is InChI=1S/C20H23N5O3/c1-14-18-15(2)25(16-6-4-3-5-7-16)22-19(18)20(27)24(21-14)9-8-17(26)23-10-12-28-13-11-23/h3-7H,8-13H2,1-2H3. The van der Waals surface area contributed by atoms with Gasteiger partial charge in [-0.15, -0.1) is 0 Å². The van der Waals surface area contributed by atoms with E-state index in [9.17, 15) is 9.59 Å². The molecule has 0 aliphatic carbocycles. The van der Waals surface area contributed by atoms with Gasteiger partial charge < -0.3 is 9.64 Å². The molecule has 8 heteroatoms. The van der Waals surface area contributed by atoms with Crippen LogP contribution in [0, 0.1) is 13.8 Å². The van der Waals surface area contributed by atoms with Crippen LogP contribution in [0.25, 0.3) is 16.6 Å². The smallest absolute Gasteiger partial charge is 0.295 e. The Morgan fingerprint density at radius 1 is 1.11 bits per heavy atom. The molecule has 0 radical (unpaired) electrons. The van der Waals surface area contributed by atoms with Crippen molar-refractivity contribution in [2.24, 2.45) is 0 Å². The summed E-state index contributed by atoms with van der Waals surface area (Å²) in [5.74, 6) is 0.0146. The fourth-order valence-electron chi connectivity index (χ4n) is 3.63. The average molecular weight is 381 g/mol. The van der Waals surface area contributed by atoms with Crippen LogP contribution in [0.5, 0.6) is 0 Å². The second-order valence-electron chi connectivity index (χ2n) is 6.91. The van der Waals surface area contributed by atoms with Crippen molar-refractivity contribution in [3.05, 3.63) is 52.1 Å². The van der Waals surface area contributed by atoms with Gasteiger partial charge in [0.15, 0.2) is 5.52 Å². The molecule has 0 spiro atoms. The highest BCUT2D eigenvalue weighted by molar-refractivity contribution is 5.83. The molecule has 28 heavy (non-hydrogen) atoms. The van der Waals surface area contributed by atoms with Gasteiger partial charge >= 0.3 is 0 Å². The normalized spacial score (nSPS) is 14.6. The Balaban J connectivity index is 1.64. The van der Waals surface area contributed by atoms with Gasteiger partial charge in [-0.25, -0.2) is 9.36 Å². The number of carbonyl (C=O) groups is 1. The summed E-state index contributed by atoms with van der Waals surface area (Å²) in [6, 6.07) is 9.69. The lowest BCUT2D eigenvalue weighted by molar-refractivity contribution is -0.135. The van der Waals surface area contributed by atoms with E-state index >= 15 is 0 Å². The van der Waals surface area contributed by atoms with Crippen LogP contribution in [-0.4, -0.2) is 56.7 Å². The number of para-hydroxylation sites is 1. The molecule has 8 nitrogen and oxygen atoms in total. The van der Waals surface area contributed by atoms with Gasteiger partial charge in [0, 0.05) is 19.5 Å². The number of carbonyl (C=O) groups excluding carboxylic acids is 1. The van der Waals surface area contributed by atoms with Crippen molar-refractivity contribution < 1.29 is 9.53 Å². The van der Waals surface area contributed by atoms with Crippen molar-refractivity contribution in [3.8, 4) is 5.69 Å². The predicted octanol–water partition coefficient (Wildman–Crippen LogP) is 1.45. The minimum Gasteiger partial charge on any atom is -0.378 e. The van der Waals surface area contributed by atoms with Crippen LogP contribution in [0.15, 0.2) is 35.1 Å². The van der Waals surface area contributed by atoms with Crippen molar-refractivity contribution in [1.29, 1.82) is 0 Å². The number of morpholine rings is 1. The maximum absolute atomic E-state index is 12.9. The van der Waals surface area contributed by atoms with Gasteiger partial charge in [0.25, 0.3) is 5.56 Å². The third kappa shape index (κ3) is 3.31. The maximum atomic E-state index is 12.9. The predicted molar refractivity (Wildman–Crippen MR) is 105 cm³/mol. The van der Waals surface area contributed by atoms with Gasteiger partial charge in [-0.3, -0.25) is 9.59 Å². The minimum absolute atomic E-state index is 0.0146. The van der Waals surface area contributed by atoms with E-state index in [0.29, 0.717) is 31.8 Å². The lowest BCUT2D eigenvalue weighted by Gasteiger charge is -2.26. The van der Waals surface area contributed by atoms with Crippen molar-refractivity contribution in [2.75, 3.05) is 26.3 Å².